The van der Waals surface area contributed by atoms with Gasteiger partial charge in [-0.3, -0.25) is 0 Å². The van der Waals surface area contributed by atoms with Crippen molar-refractivity contribution >= 4 is 21.6 Å². The molecule has 20 heavy (non-hydrogen) atoms. The molecule has 0 saturated carbocycles. The zero-order valence-corrected chi connectivity index (χ0v) is 12.8. The molecule has 1 heterocycles. The van der Waals surface area contributed by atoms with E-state index in [0.29, 0.717) is 19.0 Å². The van der Waals surface area contributed by atoms with Crippen molar-refractivity contribution in [3.05, 3.63) is 29.0 Å². The second kappa shape index (κ2) is 6.39. The summed E-state index contributed by atoms with van der Waals surface area (Å²) in [5.41, 5.74) is 0. The van der Waals surface area contributed by atoms with E-state index >= 15 is 0 Å². The number of piperidine rings is 1. The van der Waals surface area contributed by atoms with Crippen molar-refractivity contribution in [1.82, 2.24) is 9.62 Å². The van der Waals surface area contributed by atoms with E-state index in [1.807, 2.05) is 7.05 Å². The molecule has 0 amide bonds. The van der Waals surface area contributed by atoms with Crippen molar-refractivity contribution in [2.45, 2.75) is 17.7 Å². The Morgan fingerprint density at radius 3 is 2.60 bits per heavy atom. The zero-order valence-electron chi connectivity index (χ0n) is 11.3. The maximum absolute atomic E-state index is 13.0. The standard InChI is InChI=1S/C13H18ClFN2O2S/c1-16-9-10-4-6-17(7-5-10)20(18,19)13-3-2-11(15)8-12(13)14/h2-3,8,10,16H,4-7,9H2,1H3. The number of hydrogen-bond acceptors (Lipinski definition) is 3. The van der Waals surface area contributed by atoms with Crippen LogP contribution in [0.5, 0.6) is 0 Å². The predicted molar refractivity (Wildman–Crippen MR) is 76.8 cm³/mol. The van der Waals surface area contributed by atoms with E-state index in [0.717, 1.165) is 31.5 Å². The predicted octanol–water partition coefficient (Wildman–Crippen LogP) is 2.10. The van der Waals surface area contributed by atoms with Gasteiger partial charge in [-0.1, -0.05) is 11.6 Å². The van der Waals surface area contributed by atoms with Crippen LogP contribution in [0.15, 0.2) is 23.1 Å². The van der Waals surface area contributed by atoms with Gasteiger partial charge in [0.25, 0.3) is 0 Å². The minimum Gasteiger partial charge on any atom is -0.319 e. The molecule has 1 fully saturated rings. The van der Waals surface area contributed by atoms with Gasteiger partial charge in [0.2, 0.25) is 10.0 Å². The molecule has 1 aliphatic heterocycles. The Bertz CT molecular complexity index is 572. The molecule has 7 heteroatoms. The van der Waals surface area contributed by atoms with Gasteiger partial charge in [0.05, 0.1) is 5.02 Å². The number of hydrogen-bond donors (Lipinski definition) is 1. The molecule has 1 saturated heterocycles. The van der Waals surface area contributed by atoms with Crippen LogP contribution in [0.25, 0.3) is 0 Å². The minimum absolute atomic E-state index is 0.0207. The van der Waals surface area contributed by atoms with Gasteiger partial charge in [-0.05, 0) is 50.6 Å². The van der Waals surface area contributed by atoms with E-state index in [1.165, 1.54) is 10.4 Å². The average Bonchev–Trinajstić information content (AvgIpc) is 2.39. The van der Waals surface area contributed by atoms with Gasteiger partial charge < -0.3 is 5.32 Å². The molecule has 0 radical (unpaired) electrons. The Balaban J connectivity index is 2.15. The number of benzene rings is 1. The van der Waals surface area contributed by atoms with Gasteiger partial charge in [0.15, 0.2) is 0 Å². The summed E-state index contributed by atoms with van der Waals surface area (Å²) in [7, 11) is -1.74. The maximum atomic E-state index is 13.0. The number of rotatable bonds is 4. The fourth-order valence-electron chi connectivity index (χ4n) is 2.47. The van der Waals surface area contributed by atoms with Gasteiger partial charge >= 0.3 is 0 Å². The summed E-state index contributed by atoms with van der Waals surface area (Å²) in [6, 6.07) is 3.38. The quantitative estimate of drug-likeness (QED) is 0.924. The van der Waals surface area contributed by atoms with Crippen LogP contribution < -0.4 is 5.32 Å². The first-order valence-corrected chi connectivity index (χ1v) is 8.36. The largest absolute Gasteiger partial charge is 0.319 e. The smallest absolute Gasteiger partial charge is 0.244 e. The summed E-state index contributed by atoms with van der Waals surface area (Å²) in [5.74, 6) is -0.0446. The number of sulfonamides is 1. The highest BCUT2D eigenvalue weighted by Crippen LogP contribution is 2.28. The van der Waals surface area contributed by atoms with E-state index in [1.54, 1.807) is 0 Å². The van der Waals surface area contributed by atoms with E-state index in [-0.39, 0.29) is 9.92 Å². The number of halogens is 2. The van der Waals surface area contributed by atoms with Gasteiger partial charge in [0, 0.05) is 13.1 Å². The summed E-state index contributed by atoms with van der Waals surface area (Å²) < 4.78 is 39.4. The molecule has 1 N–H and O–H groups in total. The van der Waals surface area contributed by atoms with Crippen molar-refractivity contribution in [3.63, 3.8) is 0 Å². The Labute approximate surface area is 124 Å². The molecule has 2 rings (SSSR count). The van der Waals surface area contributed by atoms with Crippen LogP contribution in [0.2, 0.25) is 5.02 Å². The maximum Gasteiger partial charge on any atom is 0.244 e. The lowest BCUT2D eigenvalue weighted by molar-refractivity contribution is 0.270. The van der Waals surface area contributed by atoms with Gasteiger partial charge in [0.1, 0.15) is 10.7 Å². The Morgan fingerprint density at radius 1 is 1.40 bits per heavy atom. The molecule has 0 aromatic heterocycles. The van der Waals surface area contributed by atoms with Crippen LogP contribution in [0.1, 0.15) is 12.8 Å². The lowest BCUT2D eigenvalue weighted by atomic mass is 9.98. The van der Waals surface area contributed by atoms with Gasteiger partial charge in [-0.2, -0.15) is 4.31 Å². The van der Waals surface area contributed by atoms with Gasteiger partial charge in [-0.15, -0.1) is 0 Å². The summed E-state index contributed by atoms with van der Waals surface area (Å²) in [5, 5.41) is 3.04. The van der Waals surface area contributed by atoms with Crippen LogP contribution in [0.4, 0.5) is 4.39 Å². The van der Waals surface area contributed by atoms with E-state index in [4.69, 9.17) is 11.6 Å². The van der Waals surface area contributed by atoms with Crippen molar-refractivity contribution in [1.29, 1.82) is 0 Å². The normalized spacial score (nSPS) is 18.4. The van der Waals surface area contributed by atoms with Crippen molar-refractivity contribution < 1.29 is 12.8 Å². The molecule has 4 nitrogen and oxygen atoms in total. The first kappa shape index (κ1) is 15.7. The average molecular weight is 321 g/mol. The summed E-state index contributed by atoms with van der Waals surface area (Å²) in [6.45, 7) is 1.84. The number of nitrogens with zero attached hydrogens (tertiary/aromatic N) is 1. The van der Waals surface area contributed by atoms with Crippen LogP contribution in [-0.4, -0.2) is 39.4 Å². The lowest BCUT2D eigenvalue weighted by Gasteiger charge is -2.31. The highest BCUT2D eigenvalue weighted by molar-refractivity contribution is 7.89. The SMILES string of the molecule is CNCC1CCN(S(=O)(=O)c2ccc(F)cc2Cl)CC1. The topological polar surface area (TPSA) is 49.4 Å². The molecule has 0 aliphatic carbocycles. The van der Waals surface area contributed by atoms with Crippen LogP contribution >= 0.6 is 11.6 Å². The highest BCUT2D eigenvalue weighted by Gasteiger charge is 2.30. The monoisotopic (exact) mass is 320 g/mol. The molecule has 0 spiro atoms. The van der Waals surface area contributed by atoms with Crippen molar-refractivity contribution in [3.8, 4) is 0 Å². The van der Waals surface area contributed by atoms with Crippen LogP contribution in [0.3, 0.4) is 0 Å². The molecule has 1 aromatic rings. The lowest BCUT2D eigenvalue weighted by Crippen LogP contribution is -2.40. The zero-order chi connectivity index (χ0) is 14.8. The van der Waals surface area contributed by atoms with Crippen molar-refractivity contribution in [2.24, 2.45) is 5.92 Å². The van der Waals surface area contributed by atoms with Gasteiger partial charge in [-0.25, -0.2) is 12.8 Å². The second-order valence-electron chi connectivity index (χ2n) is 4.98. The molecule has 0 unspecified atom stereocenters. The molecular weight excluding hydrogens is 303 g/mol. The third-order valence-electron chi connectivity index (χ3n) is 3.58. The fraction of sp³-hybridized carbons (Fsp3) is 0.538. The Hall–Kier alpha value is -0.690. The highest BCUT2D eigenvalue weighted by atomic mass is 35.5. The Kier molecular flexibility index (Phi) is 5.01. The van der Waals surface area contributed by atoms with Crippen molar-refractivity contribution in [2.75, 3.05) is 26.7 Å². The summed E-state index contributed by atoms with van der Waals surface area (Å²) >= 11 is 5.86. The van der Waals surface area contributed by atoms with Crippen LogP contribution in [-0.2, 0) is 10.0 Å². The third kappa shape index (κ3) is 3.31. The van der Waals surface area contributed by atoms with E-state index in [2.05, 4.69) is 5.32 Å². The molecule has 0 bridgehead atoms. The third-order valence-corrected chi connectivity index (χ3v) is 5.96. The molecule has 0 atom stereocenters. The Morgan fingerprint density at radius 2 is 2.05 bits per heavy atom. The van der Waals surface area contributed by atoms with E-state index < -0.39 is 15.8 Å². The summed E-state index contributed by atoms with van der Waals surface area (Å²) in [6.07, 6.45) is 1.64. The molecule has 1 aromatic carbocycles. The number of nitrogens with one attached hydrogen (secondary N) is 1. The molecule has 1 aliphatic rings. The first-order valence-electron chi connectivity index (χ1n) is 6.55. The van der Waals surface area contributed by atoms with Crippen LogP contribution in [0, 0.1) is 11.7 Å². The minimum atomic E-state index is -3.63. The van der Waals surface area contributed by atoms with E-state index in [9.17, 15) is 12.8 Å². The summed E-state index contributed by atoms with van der Waals surface area (Å²) in [4.78, 5) is -0.0207. The second-order valence-corrected chi connectivity index (χ2v) is 7.29. The molecular formula is C13H18ClFN2O2S. The fourth-order valence-corrected chi connectivity index (χ4v) is 4.44. The molecule has 112 valence electrons. The first-order chi connectivity index (χ1) is 9.45.